The number of unbranched alkanes of at least 4 members (excludes halogenated alkanes) is 2. The summed E-state index contributed by atoms with van der Waals surface area (Å²) in [5, 5.41) is 0. The van der Waals surface area contributed by atoms with Gasteiger partial charge in [-0.25, -0.2) is 4.39 Å². The third-order valence-electron chi connectivity index (χ3n) is 4.62. The van der Waals surface area contributed by atoms with Gasteiger partial charge in [0.1, 0.15) is 17.2 Å². The minimum absolute atomic E-state index is 0.0806. The molecule has 0 saturated heterocycles. The number of ether oxygens (including phenoxy) is 1. The molecule has 0 heterocycles. The molecule has 0 N–H and O–H groups in total. The molecule has 1 aromatic carbocycles. The minimum atomic E-state index is -0.317. The topological polar surface area (TPSA) is 9.23 Å². The van der Waals surface area contributed by atoms with Gasteiger partial charge in [-0.1, -0.05) is 31.4 Å². The Kier molecular flexibility index (Phi) is 6.48. The van der Waals surface area contributed by atoms with E-state index in [2.05, 4.69) is 26.0 Å². The van der Waals surface area contributed by atoms with E-state index < -0.39 is 0 Å². The maximum Gasteiger partial charge on any atom is 0.130 e. The van der Waals surface area contributed by atoms with Crippen LogP contribution in [0, 0.1) is 5.82 Å². The summed E-state index contributed by atoms with van der Waals surface area (Å²) in [4.78, 5) is 0. The Morgan fingerprint density at radius 2 is 1.96 bits per heavy atom. The summed E-state index contributed by atoms with van der Waals surface area (Å²) in [6, 6.07) is 3.83. The van der Waals surface area contributed by atoms with E-state index in [4.69, 9.17) is 4.74 Å². The second kappa shape index (κ2) is 8.18. The first-order valence-electron chi connectivity index (χ1n) is 9.47. The van der Waals surface area contributed by atoms with Crippen molar-refractivity contribution in [1.29, 1.82) is 0 Å². The number of hydrogen-bond donors (Lipinski definition) is 0. The van der Waals surface area contributed by atoms with Gasteiger partial charge in [0.15, 0.2) is 0 Å². The summed E-state index contributed by atoms with van der Waals surface area (Å²) in [5.74, 6) is 0.911. The predicted octanol–water partition coefficient (Wildman–Crippen LogP) is 6.95. The summed E-state index contributed by atoms with van der Waals surface area (Å²) in [6.45, 7) is 10.4. The molecule has 0 spiro atoms. The van der Waals surface area contributed by atoms with Crippen molar-refractivity contribution in [2.75, 3.05) is 0 Å². The Morgan fingerprint density at radius 3 is 2.58 bits per heavy atom. The van der Waals surface area contributed by atoms with Crippen molar-refractivity contribution < 1.29 is 9.13 Å². The molecule has 0 aliphatic heterocycles. The van der Waals surface area contributed by atoms with Crippen LogP contribution in [-0.4, -0.2) is 5.60 Å². The van der Waals surface area contributed by atoms with Crippen molar-refractivity contribution >= 4 is 0 Å². The highest BCUT2D eigenvalue weighted by Crippen LogP contribution is 2.40. The molecular weight excluding hydrogens is 299 g/mol. The van der Waals surface area contributed by atoms with E-state index in [1.165, 1.54) is 18.4 Å². The molecule has 0 saturated carbocycles. The first-order chi connectivity index (χ1) is 11.3. The summed E-state index contributed by atoms with van der Waals surface area (Å²) in [5.41, 5.74) is 2.89. The standard InChI is InChI=1S/C22H33FO/c1-6-7-8-11-17-14-19(23)21(18-12-9-10-16(2)13-18)20(15-17)24-22(3,4)5/h10,14-15,18H,6-9,11-13H2,1-5H3/t18-/m0/s1. The third-order valence-corrected chi connectivity index (χ3v) is 4.62. The molecule has 0 radical (unpaired) electrons. The molecular formula is C22H33FO. The number of allylic oxidation sites excluding steroid dienone is 2. The van der Waals surface area contributed by atoms with Crippen LogP contribution < -0.4 is 4.74 Å². The monoisotopic (exact) mass is 332 g/mol. The molecule has 1 nitrogen and oxygen atoms in total. The Labute approximate surface area is 147 Å². The van der Waals surface area contributed by atoms with Crippen LogP contribution >= 0.6 is 0 Å². The smallest absolute Gasteiger partial charge is 0.130 e. The normalized spacial score (nSPS) is 18.4. The van der Waals surface area contributed by atoms with Gasteiger partial charge in [0.05, 0.1) is 0 Å². The quantitative estimate of drug-likeness (QED) is 0.404. The predicted molar refractivity (Wildman–Crippen MR) is 100 cm³/mol. The number of halogens is 1. The van der Waals surface area contributed by atoms with Gasteiger partial charge in [0.2, 0.25) is 0 Å². The van der Waals surface area contributed by atoms with Crippen LogP contribution in [0.25, 0.3) is 0 Å². The third kappa shape index (κ3) is 5.36. The lowest BCUT2D eigenvalue weighted by Crippen LogP contribution is -2.24. The number of hydrogen-bond acceptors (Lipinski definition) is 1. The van der Waals surface area contributed by atoms with E-state index in [9.17, 15) is 0 Å². The van der Waals surface area contributed by atoms with Gasteiger partial charge in [0, 0.05) is 5.56 Å². The SMILES string of the molecule is CCCCCc1cc(F)c([C@H]2CCC=C(C)C2)c(OC(C)(C)C)c1. The number of rotatable bonds is 6. The Bertz CT molecular complexity index is 580. The Hall–Kier alpha value is -1.31. The zero-order chi connectivity index (χ0) is 17.7. The molecule has 0 amide bonds. The van der Waals surface area contributed by atoms with Crippen LogP contribution in [0.2, 0.25) is 0 Å². The molecule has 0 bridgehead atoms. The summed E-state index contributed by atoms with van der Waals surface area (Å²) >= 11 is 0. The van der Waals surface area contributed by atoms with Crippen molar-refractivity contribution in [3.05, 3.63) is 40.7 Å². The number of benzene rings is 1. The molecule has 2 rings (SSSR count). The second-order valence-electron chi connectivity index (χ2n) is 8.19. The molecule has 24 heavy (non-hydrogen) atoms. The number of aryl methyl sites for hydroxylation is 1. The summed E-state index contributed by atoms with van der Waals surface area (Å²) < 4.78 is 21.2. The van der Waals surface area contributed by atoms with Gasteiger partial charge in [-0.05, 0) is 83.4 Å². The van der Waals surface area contributed by atoms with Gasteiger partial charge >= 0.3 is 0 Å². The van der Waals surface area contributed by atoms with Crippen molar-refractivity contribution in [2.24, 2.45) is 0 Å². The van der Waals surface area contributed by atoms with Crippen LogP contribution in [0.4, 0.5) is 4.39 Å². The van der Waals surface area contributed by atoms with E-state index in [1.54, 1.807) is 6.07 Å². The first-order valence-corrected chi connectivity index (χ1v) is 9.47. The van der Waals surface area contributed by atoms with Gasteiger partial charge in [-0.2, -0.15) is 0 Å². The Balaban J connectivity index is 2.34. The molecule has 1 aliphatic carbocycles. The molecule has 0 unspecified atom stereocenters. The highest BCUT2D eigenvalue weighted by molar-refractivity contribution is 5.43. The van der Waals surface area contributed by atoms with Crippen LogP contribution in [0.5, 0.6) is 5.75 Å². The van der Waals surface area contributed by atoms with E-state index in [0.29, 0.717) is 0 Å². The molecule has 1 atom stereocenters. The highest BCUT2D eigenvalue weighted by Gasteiger charge is 2.26. The van der Waals surface area contributed by atoms with Gasteiger partial charge in [0.25, 0.3) is 0 Å². The lowest BCUT2D eigenvalue weighted by atomic mass is 9.83. The maximum absolute atomic E-state index is 15.0. The molecule has 0 aromatic heterocycles. The summed E-state index contributed by atoms with van der Waals surface area (Å²) in [7, 11) is 0. The van der Waals surface area contributed by atoms with E-state index in [0.717, 1.165) is 49.0 Å². The molecule has 134 valence electrons. The maximum atomic E-state index is 15.0. The molecule has 0 fully saturated rings. The van der Waals surface area contributed by atoms with Gasteiger partial charge < -0.3 is 4.74 Å². The average molecular weight is 333 g/mol. The minimum Gasteiger partial charge on any atom is -0.488 e. The first kappa shape index (κ1) is 19.0. The van der Waals surface area contributed by atoms with Gasteiger partial charge in [-0.15, -0.1) is 0 Å². The molecule has 1 aromatic rings. The van der Waals surface area contributed by atoms with Crippen LogP contribution in [-0.2, 0) is 6.42 Å². The van der Waals surface area contributed by atoms with Crippen molar-refractivity contribution in [3.63, 3.8) is 0 Å². The zero-order valence-corrected chi connectivity index (χ0v) is 16.0. The van der Waals surface area contributed by atoms with Crippen molar-refractivity contribution in [1.82, 2.24) is 0 Å². The van der Waals surface area contributed by atoms with Crippen LogP contribution in [0.1, 0.15) is 90.2 Å². The Morgan fingerprint density at radius 1 is 1.21 bits per heavy atom. The average Bonchev–Trinajstić information content (AvgIpc) is 2.45. The van der Waals surface area contributed by atoms with Crippen molar-refractivity contribution in [3.8, 4) is 5.75 Å². The molecule has 1 aliphatic rings. The van der Waals surface area contributed by atoms with Crippen molar-refractivity contribution in [2.45, 2.75) is 91.1 Å². The van der Waals surface area contributed by atoms with Crippen LogP contribution in [0.3, 0.4) is 0 Å². The lowest BCUT2D eigenvalue weighted by Gasteiger charge is -2.29. The lowest BCUT2D eigenvalue weighted by molar-refractivity contribution is 0.127. The second-order valence-corrected chi connectivity index (χ2v) is 8.19. The molecule has 2 heteroatoms. The highest BCUT2D eigenvalue weighted by atomic mass is 19.1. The largest absolute Gasteiger partial charge is 0.488 e. The van der Waals surface area contributed by atoms with Gasteiger partial charge in [-0.3, -0.25) is 0 Å². The fraction of sp³-hybridized carbons (Fsp3) is 0.636. The fourth-order valence-electron chi connectivity index (χ4n) is 3.53. The van der Waals surface area contributed by atoms with E-state index in [1.807, 2.05) is 20.8 Å². The van der Waals surface area contributed by atoms with Crippen LogP contribution in [0.15, 0.2) is 23.8 Å². The van der Waals surface area contributed by atoms with E-state index in [-0.39, 0.29) is 17.3 Å². The zero-order valence-electron chi connectivity index (χ0n) is 16.0. The fourth-order valence-corrected chi connectivity index (χ4v) is 3.53. The summed E-state index contributed by atoms with van der Waals surface area (Å²) in [6.07, 6.45) is 9.65. The van der Waals surface area contributed by atoms with E-state index >= 15 is 4.39 Å².